The number of hydrogen-bond acceptors (Lipinski definition) is 6. The monoisotopic (exact) mass is 388 g/mol. The van der Waals surface area contributed by atoms with Crippen molar-refractivity contribution in [1.82, 2.24) is 10.2 Å². The molecule has 0 bridgehead atoms. The first kappa shape index (κ1) is 19.7. The van der Waals surface area contributed by atoms with Crippen molar-refractivity contribution in [1.29, 1.82) is 0 Å². The largest absolute Gasteiger partial charge is 0.393 e. The van der Waals surface area contributed by atoms with Crippen molar-refractivity contribution in [2.24, 2.45) is 0 Å². The lowest BCUT2D eigenvalue weighted by Crippen LogP contribution is -2.44. The van der Waals surface area contributed by atoms with Crippen molar-refractivity contribution in [3.8, 4) is 0 Å². The molecule has 3 rings (SSSR count). The highest BCUT2D eigenvalue weighted by atomic mass is 19.1. The third-order valence-electron chi connectivity index (χ3n) is 4.70. The molecule has 9 heteroatoms. The smallest absolute Gasteiger partial charge is 0.292 e. The minimum Gasteiger partial charge on any atom is -0.393 e. The number of carbonyl (C=O) groups is 1. The van der Waals surface area contributed by atoms with Crippen molar-refractivity contribution >= 4 is 17.3 Å². The van der Waals surface area contributed by atoms with Crippen LogP contribution in [0.4, 0.5) is 15.8 Å². The molecule has 0 saturated carbocycles. The number of nitrogens with zero attached hydrogens (tertiary/aromatic N) is 2. The molecule has 1 saturated heterocycles. The third kappa shape index (κ3) is 4.44. The molecular weight excluding hydrogens is 367 g/mol. The average Bonchev–Trinajstić information content (AvgIpc) is 2.69. The minimum absolute atomic E-state index is 0.0363. The number of benzene rings is 2. The van der Waals surface area contributed by atoms with Crippen molar-refractivity contribution in [3.63, 3.8) is 0 Å². The van der Waals surface area contributed by atoms with Crippen LogP contribution in [0, 0.1) is 15.9 Å². The van der Waals surface area contributed by atoms with Crippen LogP contribution in [0.5, 0.6) is 0 Å². The first-order valence-corrected chi connectivity index (χ1v) is 8.85. The molecule has 2 aromatic carbocycles. The maximum absolute atomic E-state index is 13.7. The molecule has 1 amide bonds. The second-order valence-electron chi connectivity index (χ2n) is 6.42. The highest BCUT2D eigenvalue weighted by Gasteiger charge is 2.25. The molecule has 0 aliphatic carbocycles. The Morgan fingerprint density at radius 3 is 2.68 bits per heavy atom. The normalized spacial score (nSPS) is 15.8. The molecule has 8 nitrogen and oxygen atoms in total. The van der Waals surface area contributed by atoms with Crippen LogP contribution in [-0.2, 0) is 4.74 Å². The van der Waals surface area contributed by atoms with Gasteiger partial charge in [-0.1, -0.05) is 18.2 Å². The first-order chi connectivity index (χ1) is 13.5. The summed E-state index contributed by atoms with van der Waals surface area (Å²) >= 11 is 0. The van der Waals surface area contributed by atoms with Gasteiger partial charge < -0.3 is 15.8 Å². The van der Waals surface area contributed by atoms with Gasteiger partial charge in [-0.3, -0.25) is 19.8 Å². The number of hydrogen-bond donors (Lipinski definition) is 2. The van der Waals surface area contributed by atoms with Crippen molar-refractivity contribution < 1.29 is 18.8 Å². The molecule has 0 spiro atoms. The number of rotatable bonds is 6. The van der Waals surface area contributed by atoms with Gasteiger partial charge >= 0.3 is 0 Å². The molecule has 148 valence electrons. The SMILES string of the molecule is Nc1c(C(=O)NC[C@@H](c2cccc(F)c2)N2CCOCC2)cccc1[N+](=O)[O-]. The lowest BCUT2D eigenvalue weighted by molar-refractivity contribution is -0.383. The summed E-state index contributed by atoms with van der Waals surface area (Å²) in [6.45, 7) is 2.60. The number of nitrogens with one attached hydrogen (secondary N) is 1. The zero-order valence-corrected chi connectivity index (χ0v) is 15.1. The number of nitro benzene ring substituents is 1. The second kappa shape index (κ2) is 8.77. The molecule has 3 N–H and O–H groups in total. The van der Waals surface area contributed by atoms with E-state index in [-0.39, 0.29) is 35.3 Å². The number of nitrogen functional groups attached to an aromatic ring is 1. The molecule has 1 atom stereocenters. The highest BCUT2D eigenvalue weighted by Crippen LogP contribution is 2.26. The van der Waals surface area contributed by atoms with Gasteiger partial charge in [0.15, 0.2) is 0 Å². The Bertz CT molecular complexity index is 871. The molecule has 1 aliphatic rings. The van der Waals surface area contributed by atoms with E-state index in [0.29, 0.717) is 26.3 Å². The zero-order valence-electron chi connectivity index (χ0n) is 15.1. The van der Waals surface area contributed by atoms with Crippen molar-refractivity contribution in [2.45, 2.75) is 6.04 Å². The molecule has 0 unspecified atom stereocenters. The molecule has 1 heterocycles. The summed E-state index contributed by atoms with van der Waals surface area (Å²) in [5.41, 5.74) is 6.05. The molecule has 0 radical (unpaired) electrons. The Balaban J connectivity index is 1.79. The highest BCUT2D eigenvalue weighted by molar-refractivity contribution is 6.01. The summed E-state index contributed by atoms with van der Waals surface area (Å²) in [5, 5.41) is 13.8. The van der Waals surface area contributed by atoms with Crippen LogP contribution in [0.3, 0.4) is 0 Å². The van der Waals surface area contributed by atoms with Crippen LogP contribution in [0.25, 0.3) is 0 Å². The fourth-order valence-electron chi connectivity index (χ4n) is 3.26. The van der Waals surface area contributed by atoms with Gasteiger partial charge in [-0.05, 0) is 23.8 Å². The summed E-state index contributed by atoms with van der Waals surface area (Å²) in [4.78, 5) is 25.1. The standard InChI is InChI=1S/C19H21FN4O4/c20-14-4-1-3-13(11-14)17(23-7-9-28-10-8-23)12-22-19(25)15-5-2-6-16(18(15)21)24(26)27/h1-6,11,17H,7-10,12,21H2,(H,22,25)/t17-/m0/s1. The molecule has 1 aliphatic heterocycles. The average molecular weight is 388 g/mol. The van der Waals surface area contributed by atoms with Gasteiger partial charge in [0, 0.05) is 25.7 Å². The van der Waals surface area contributed by atoms with Crippen molar-refractivity contribution in [3.05, 3.63) is 69.5 Å². The molecule has 28 heavy (non-hydrogen) atoms. The lowest BCUT2D eigenvalue weighted by Gasteiger charge is -2.35. The molecule has 1 fully saturated rings. The predicted molar refractivity (Wildman–Crippen MR) is 101 cm³/mol. The van der Waals surface area contributed by atoms with E-state index in [0.717, 1.165) is 5.56 Å². The van der Waals surface area contributed by atoms with Gasteiger partial charge in [0.25, 0.3) is 11.6 Å². The van der Waals surface area contributed by atoms with Crippen LogP contribution in [0.2, 0.25) is 0 Å². The number of ether oxygens (including phenoxy) is 1. The third-order valence-corrected chi connectivity index (χ3v) is 4.70. The number of para-hydroxylation sites is 1. The van der Waals surface area contributed by atoms with Gasteiger partial charge in [0.2, 0.25) is 0 Å². The Morgan fingerprint density at radius 2 is 2.00 bits per heavy atom. The Kier molecular flexibility index (Phi) is 6.17. The maximum atomic E-state index is 13.7. The number of nitro groups is 1. The van der Waals surface area contributed by atoms with E-state index in [1.54, 1.807) is 12.1 Å². The van der Waals surface area contributed by atoms with Gasteiger partial charge in [0.05, 0.1) is 29.7 Å². The van der Waals surface area contributed by atoms with Crippen LogP contribution in [-0.4, -0.2) is 48.6 Å². The number of anilines is 1. The molecule has 2 aromatic rings. The quantitative estimate of drug-likeness (QED) is 0.446. The van der Waals surface area contributed by atoms with Gasteiger partial charge in [0.1, 0.15) is 11.5 Å². The van der Waals surface area contributed by atoms with E-state index >= 15 is 0 Å². The predicted octanol–water partition coefficient (Wildman–Crippen LogP) is 2.12. The second-order valence-corrected chi connectivity index (χ2v) is 6.42. The maximum Gasteiger partial charge on any atom is 0.292 e. The fraction of sp³-hybridized carbons (Fsp3) is 0.316. The summed E-state index contributed by atoms with van der Waals surface area (Å²) in [5.74, 6) is -0.874. The number of amides is 1. The topological polar surface area (TPSA) is 111 Å². The lowest BCUT2D eigenvalue weighted by atomic mass is 10.0. The first-order valence-electron chi connectivity index (χ1n) is 8.85. The van der Waals surface area contributed by atoms with E-state index in [9.17, 15) is 19.3 Å². The number of nitrogens with two attached hydrogens (primary N) is 1. The summed E-state index contributed by atoms with van der Waals surface area (Å²) in [6, 6.07) is 10.1. The van der Waals surface area contributed by atoms with Crippen LogP contribution < -0.4 is 11.1 Å². The van der Waals surface area contributed by atoms with Crippen LogP contribution in [0.1, 0.15) is 22.0 Å². The zero-order chi connectivity index (χ0) is 20.1. The molecule has 0 aromatic heterocycles. The van der Waals surface area contributed by atoms with Crippen LogP contribution >= 0.6 is 0 Å². The summed E-state index contributed by atoms with van der Waals surface area (Å²) in [7, 11) is 0. The van der Waals surface area contributed by atoms with E-state index < -0.39 is 10.8 Å². The van der Waals surface area contributed by atoms with Gasteiger partial charge in [-0.25, -0.2) is 4.39 Å². The van der Waals surface area contributed by atoms with E-state index in [4.69, 9.17) is 10.5 Å². The van der Waals surface area contributed by atoms with E-state index in [1.165, 1.54) is 30.3 Å². The van der Waals surface area contributed by atoms with Gasteiger partial charge in [-0.15, -0.1) is 0 Å². The van der Waals surface area contributed by atoms with Crippen LogP contribution in [0.15, 0.2) is 42.5 Å². The summed E-state index contributed by atoms with van der Waals surface area (Å²) < 4.78 is 19.1. The summed E-state index contributed by atoms with van der Waals surface area (Å²) in [6.07, 6.45) is 0. The van der Waals surface area contributed by atoms with Crippen molar-refractivity contribution in [2.75, 3.05) is 38.6 Å². The van der Waals surface area contributed by atoms with E-state index in [1.807, 2.05) is 0 Å². The Morgan fingerprint density at radius 1 is 1.29 bits per heavy atom. The fourth-order valence-corrected chi connectivity index (χ4v) is 3.26. The number of morpholine rings is 1. The van der Waals surface area contributed by atoms with Gasteiger partial charge in [-0.2, -0.15) is 0 Å². The minimum atomic E-state index is -0.630. The Hall–Kier alpha value is -3.04. The molecular formula is C19H21FN4O4. The number of halogens is 1. The number of carbonyl (C=O) groups excluding carboxylic acids is 1. The Labute approximate surface area is 161 Å². The van der Waals surface area contributed by atoms with E-state index in [2.05, 4.69) is 10.2 Å².